The molecule has 0 bridgehead atoms. The van der Waals surface area contributed by atoms with Gasteiger partial charge in [-0.15, -0.1) is 0 Å². The molecule has 0 radical (unpaired) electrons. The lowest BCUT2D eigenvalue weighted by atomic mass is 10.1. The fourth-order valence-corrected chi connectivity index (χ4v) is 1.48. The van der Waals surface area contributed by atoms with E-state index in [0.29, 0.717) is 10.3 Å². The topological polar surface area (TPSA) is 52.5 Å². The third-order valence-electron chi connectivity index (χ3n) is 1.79. The summed E-state index contributed by atoms with van der Waals surface area (Å²) >= 11 is 4.93. The van der Waals surface area contributed by atoms with Crippen molar-refractivity contribution in [2.75, 3.05) is 0 Å². The standard InChI is InChI=1S/C9H11N3S/c1-3-4-8-7(5-10)6(2)11-9(13)12-8/h3-4H2,1-2H3,(H,11,12,13). The summed E-state index contributed by atoms with van der Waals surface area (Å²) in [6.07, 6.45) is 1.78. The van der Waals surface area contributed by atoms with Gasteiger partial charge in [0.15, 0.2) is 4.77 Å². The Hall–Kier alpha value is -1.21. The van der Waals surface area contributed by atoms with Gasteiger partial charge in [0, 0.05) is 5.69 Å². The fraction of sp³-hybridized carbons (Fsp3) is 0.444. The largest absolute Gasteiger partial charge is 0.333 e. The van der Waals surface area contributed by atoms with E-state index in [4.69, 9.17) is 17.5 Å². The molecule has 0 saturated heterocycles. The van der Waals surface area contributed by atoms with Crippen molar-refractivity contribution in [1.29, 1.82) is 5.26 Å². The molecule has 0 fully saturated rings. The van der Waals surface area contributed by atoms with Crippen LogP contribution >= 0.6 is 12.2 Å². The molecule has 0 aliphatic heterocycles. The highest BCUT2D eigenvalue weighted by atomic mass is 32.1. The molecular weight excluding hydrogens is 182 g/mol. The van der Waals surface area contributed by atoms with E-state index in [0.717, 1.165) is 24.2 Å². The summed E-state index contributed by atoms with van der Waals surface area (Å²) < 4.78 is 0.458. The number of hydrogen-bond donors (Lipinski definition) is 1. The minimum atomic E-state index is 0.458. The van der Waals surface area contributed by atoms with Gasteiger partial charge in [0.1, 0.15) is 6.07 Å². The molecule has 0 atom stereocenters. The maximum atomic E-state index is 8.87. The zero-order chi connectivity index (χ0) is 9.84. The second kappa shape index (κ2) is 4.15. The summed E-state index contributed by atoms with van der Waals surface area (Å²) in [6, 6.07) is 2.14. The maximum absolute atomic E-state index is 8.87. The summed E-state index contributed by atoms with van der Waals surface area (Å²) in [5, 5.41) is 8.87. The van der Waals surface area contributed by atoms with Crippen LogP contribution in [0.25, 0.3) is 0 Å². The molecule has 0 unspecified atom stereocenters. The number of nitrogens with zero attached hydrogens (tertiary/aromatic N) is 2. The third-order valence-corrected chi connectivity index (χ3v) is 1.99. The third kappa shape index (κ3) is 2.13. The average Bonchev–Trinajstić information content (AvgIpc) is 2.04. The summed E-state index contributed by atoms with van der Waals surface area (Å²) in [5.74, 6) is 0. The lowest BCUT2D eigenvalue weighted by Crippen LogP contribution is -2.00. The molecule has 3 nitrogen and oxygen atoms in total. The normalized spacial score (nSPS) is 9.62. The summed E-state index contributed by atoms with van der Waals surface area (Å²) in [6.45, 7) is 3.90. The molecule has 0 saturated carbocycles. The number of aryl methyl sites for hydroxylation is 2. The van der Waals surface area contributed by atoms with E-state index in [-0.39, 0.29) is 0 Å². The molecule has 0 spiro atoms. The van der Waals surface area contributed by atoms with Crippen molar-refractivity contribution in [2.45, 2.75) is 26.7 Å². The van der Waals surface area contributed by atoms with Crippen molar-refractivity contribution >= 4 is 12.2 Å². The Balaban J connectivity index is 3.31. The first-order valence-electron chi connectivity index (χ1n) is 4.19. The predicted molar refractivity (Wildman–Crippen MR) is 52.9 cm³/mol. The van der Waals surface area contributed by atoms with Crippen molar-refractivity contribution in [3.8, 4) is 6.07 Å². The Labute approximate surface area is 82.4 Å². The Morgan fingerprint density at radius 2 is 2.31 bits per heavy atom. The van der Waals surface area contributed by atoms with Crippen molar-refractivity contribution in [1.82, 2.24) is 9.97 Å². The molecule has 1 aromatic heterocycles. The molecule has 1 heterocycles. The maximum Gasteiger partial charge on any atom is 0.197 e. The fourth-order valence-electron chi connectivity index (χ4n) is 1.21. The lowest BCUT2D eigenvalue weighted by Gasteiger charge is -2.03. The quantitative estimate of drug-likeness (QED) is 0.733. The molecule has 0 aromatic carbocycles. The second-order valence-corrected chi connectivity index (χ2v) is 3.24. The second-order valence-electron chi connectivity index (χ2n) is 2.85. The number of nitrogens with one attached hydrogen (secondary N) is 1. The monoisotopic (exact) mass is 193 g/mol. The predicted octanol–water partition coefficient (Wildman–Crippen LogP) is 2.27. The molecule has 0 aliphatic rings. The van der Waals surface area contributed by atoms with Gasteiger partial charge in [0.05, 0.1) is 11.3 Å². The van der Waals surface area contributed by atoms with Crippen molar-refractivity contribution in [3.05, 3.63) is 21.7 Å². The van der Waals surface area contributed by atoms with Gasteiger partial charge in [0.25, 0.3) is 0 Å². The van der Waals surface area contributed by atoms with Gasteiger partial charge >= 0.3 is 0 Å². The van der Waals surface area contributed by atoms with Gasteiger partial charge < -0.3 is 4.98 Å². The number of aromatic nitrogens is 2. The van der Waals surface area contributed by atoms with Gasteiger partial charge in [-0.3, -0.25) is 0 Å². The van der Waals surface area contributed by atoms with Gasteiger partial charge in [-0.1, -0.05) is 13.3 Å². The number of nitriles is 1. The van der Waals surface area contributed by atoms with E-state index in [2.05, 4.69) is 23.0 Å². The van der Waals surface area contributed by atoms with Crippen LogP contribution in [-0.2, 0) is 6.42 Å². The van der Waals surface area contributed by atoms with Gasteiger partial charge in [-0.2, -0.15) is 5.26 Å². The van der Waals surface area contributed by atoms with Crippen LogP contribution in [0.15, 0.2) is 0 Å². The summed E-state index contributed by atoms with van der Waals surface area (Å²) in [5.41, 5.74) is 2.26. The van der Waals surface area contributed by atoms with Gasteiger partial charge in [0.2, 0.25) is 0 Å². The number of hydrogen-bond acceptors (Lipinski definition) is 3. The Morgan fingerprint density at radius 1 is 1.62 bits per heavy atom. The van der Waals surface area contributed by atoms with Crippen molar-refractivity contribution in [2.24, 2.45) is 0 Å². The Bertz CT molecular complexity index is 400. The first kappa shape index (κ1) is 9.87. The van der Waals surface area contributed by atoms with Crippen molar-refractivity contribution in [3.63, 3.8) is 0 Å². The molecule has 13 heavy (non-hydrogen) atoms. The van der Waals surface area contributed by atoms with Gasteiger partial charge in [-0.25, -0.2) is 4.98 Å². The minimum Gasteiger partial charge on any atom is -0.333 e. The van der Waals surface area contributed by atoms with Crippen LogP contribution in [0.2, 0.25) is 0 Å². The molecule has 0 amide bonds. The van der Waals surface area contributed by atoms with Crippen LogP contribution in [-0.4, -0.2) is 9.97 Å². The summed E-state index contributed by atoms with van der Waals surface area (Å²) in [4.78, 5) is 7.00. The lowest BCUT2D eigenvalue weighted by molar-refractivity contribution is 0.854. The minimum absolute atomic E-state index is 0.458. The van der Waals surface area contributed by atoms with Crippen LogP contribution in [0.1, 0.15) is 30.3 Å². The van der Waals surface area contributed by atoms with Crippen LogP contribution in [0.4, 0.5) is 0 Å². The highest BCUT2D eigenvalue weighted by Gasteiger charge is 2.06. The number of rotatable bonds is 2. The zero-order valence-corrected chi connectivity index (χ0v) is 8.53. The molecule has 1 N–H and O–H groups in total. The average molecular weight is 193 g/mol. The van der Waals surface area contributed by atoms with E-state index >= 15 is 0 Å². The zero-order valence-electron chi connectivity index (χ0n) is 7.72. The molecule has 68 valence electrons. The van der Waals surface area contributed by atoms with E-state index in [1.54, 1.807) is 0 Å². The highest BCUT2D eigenvalue weighted by molar-refractivity contribution is 7.71. The molecule has 1 aromatic rings. The Morgan fingerprint density at radius 3 is 2.85 bits per heavy atom. The smallest absolute Gasteiger partial charge is 0.197 e. The van der Waals surface area contributed by atoms with Crippen molar-refractivity contribution < 1.29 is 0 Å². The molecule has 1 rings (SSSR count). The first-order chi connectivity index (χ1) is 6.19. The number of aromatic amines is 1. The highest BCUT2D eigenvalue weighted by Crippen LogP contribution is 2.09. The van der Waals surface area contributed by atoms with Gasteiger partial charge in [-0.05, 0) is 25.6 Å². The molecule has 0 aliphatic carbocycles. The Kier molecular flexibility index (Phi) is 3.15. The van der Waals surface area contributed by atoms with Crippen LogP contribution in [0.3, 0.4) is 0 Å². The van der Waals surface area contributed by atoms with E-state index < -0.39 is 0 Å². The van der Waals surface area contributed by atoms with Crippen LogP contribution in [0, 0.1) is 23.0 Å². The van der Waals surface area contributed by atoms with E-state index in [9.17, 15) is 0 Å². The van der Waals surface area contributed by atoms with Crippen LogP contribution in [0.5, 0.6) is 0 Å². The van der Waals surface area contributed by atoms with E-state index in [1.165, 1.54) is 0 Å². The van der Waals surface area contributed by atoms with Crippen LogP contribution < -0.4 is 0 Å². The SMILES string of the molecule is CCCc1nc(=S)[nH]c(C)c1C#N. The molecule has 4 heteroatoms. The van der Waals surface area contributed by atoms with E-state index in [1.807, 2.05) is 6.92 Å². The summed E-state index contributed by atoms with van der Waals surface area (Å²) in [7, 11) is 0. The first-order valence-corrected chi connectivity index (χ1v) is 4.59. The molecular formula is C9H11N3S. The number of H-pyrrole nitrogens is 1.